The maximum absolute atomic E-state index is 12.3. The Labute approximate surface area is 117 Å². The number of carbonyl (C=O) groups excluding carboxylic acids is 1. The van der Waals surface area contributed by atoms with E-state index in [1.54, 1.807) is 0 Å². The molecule has 0 saturated carbocycles. The van der Waals surface area contributed by atoms with E-state index in [1.165, 1.54) is 17.8 Å². The van der Waals surface area contributed by atoms with Crippen molar-refractivity contribution < 1.29 is 4.79 Å². The first-order chi connectivity index (χ1) is 8.45. The number of likely N-dealkylation sites (tertiary alicyclic amines) is 1. The molecular formula is C13H20N2OS2. The lowest BCUT2D eigenvalue weighted by Gasteiger charge is -2.35. The second-order valence-corrected chi connectivity index (χ2v) is 7.26. The summed E-state index contributed by atoms with van der Waals surface area (Å²) in [7, 11) is 0. The molecular weight excluding hydrogens is 264 g/mol. The Balaban J connectivity index is 2.03. The number of aromatic nitrogens is 1. The first-order valence-electron chi connectivity index (χ1n) is 6.42. The smallest absolute Gasteiger partial charge is 0.227 e. The van der Waals surface area contributed by atoms with Gasteiger partial charge >= 0.3 is 0 Å². The molecule has 1 aliphatic rings. The van der Waals surface area contributed by atoms with Crippen LogP contribution in [0.4, 0.5) is 0 Å². The zero-order valence-corrected chi connectivity index (χ0v) is 12.8. The number of carbonyl (C=O) groups is 1. The van der Waals surface area contributed by atoms with Crippen molar-refractivity contribution in [1.29, 1.82) is 0 Å². The second kappa shape index (κ2) is 5.53. The summed E-state index contributed by atoms with van der Waals surface area (Å²) in [4.78, 5) is 18.5. The molecule has 2 atom stereocenters. The zero-order valence-electron chi connectivity index (χ0n) is 11.2. The van der Waals surface area contributed by atoms with Gasteiger partial charge in [-0.05, 0) is 37.4 Å². The Bertz CT molecular complexity index is 481. The molecule has 3 nitrogen and oxygen atoms in total. The van der Waals surface area contributed by atoms with Gasteiger partial charge in [0.15, 0.2) is 3.95 Å². The normalized spacial score (nSPS) is 24.3. The molecule has 1 aliphatic heterocycles. The van der Waals surface area contributed by atoms with E-state index in [0.29, 0.717) is 18.3 Å². The van der Waals surface area contributed by atoms with Gasteiger partial charge in [0.25, 0.3) is 0 Å². The van der Waals surface area contributed by atoms with Crippen LogP contribution in [0.3, 0.4) is 0 Å². The van der Waals surface area contributed by atoms with Gasteiger partial charge in [0.2, 0.25) is 5.91 Å². The maximum atomic E-state index is 12.3. The van der Waals surface area contributed by atoms with Crippen LogP contribution < -0.4 is 0 Å². The lowest BCUT2D eigenvalue weighted by Crippen LogP contribution is -2.43. The molecule has 2 unspecified atom stereocenters. The van der Waals surface area contributed by atoms with Gasteiger partial charge in [0.1, 0.15) is 0 Å². The Morgan fingerprint density at radius 2 is 2.06 bits per heavy atom. The van der Waals surface area contributed by atoms with Crippen molar-refractivity contribution in [3.63, 3.8) is 0 Å². The summed E-state index contributed by atoms with van der Waals surface area (Å²) < 4.78 is 0.760. The Morgan fingerprint density at radius 1 is 1.44 bits per heavy atom. The summed E-state index contributed by atoms with van der Waals surface area (Å²) in [5.74, 6) is 1.47. The second-order valence-electron chi connectivity index (χ2n) is 5.48. The van der Waals surface area contributed by atoms with E-state index in [2.05, 4.69) is 18.8 Å². The number of thiazole rings is 1. The van der Waals surface area contributed by atoms with E-state index < -0.39 is 0 Å². The van der Waals surface area contributed by atoms with E-state index in [9.17, 15) is 4.79 Å². The molecule has 0 aromatic carbocycles. The predicted octanol–water partition coefficient (Wildman–Crippen LogP) is 3.16. The lowest BCUT2D eigenvalue weighted by molar-refractivity contribution is -0.133. The summed E-state index contributed by atoms with van der Waals surface area (Å²) >= 11 is 6.63. The minimum absolute atomic E-state index is 0.238. The van der Waals surface area contributed by atoms with Crippen molar-refractivity contribution in [2.75, 3.05) is 13.1 Å². The number of aryl methyl sites for hydroxylation is 1. The van der Waals surface area contributed by atoms with Gasteiger partial charge in [0.05, 0.1) is 6.42 Å². The van der Waals surface area contributed by atoms with Crippen molar-refractivity contribution in [1.82, 2.24) is 9.88 Å². The number of rotatable bonds is 2. The molecule has 0 bridgehead atoms. The van der Waals surface area contributed by atoms with Crippen LogP contribution in [0, 0.1) is 22.7 Å². The summed E-state index contributed by atoms with van der Waals surface area (Å²) in [5.41, 5.74) is 1.04. The highest BCUT2D eigenvalue weighted by atomic mass is 32.1. The minimum atomic E-state index is 0.238. The number of aromatic amines is 1. The fourth-order valence-corrected chi connectivity index (χ4v) is 4.00. The number of H-pyrrole nitrogens is 1. The van der Waals surface area contributed by atoms with Crippen LogP contribution in [-0.2, 0) is 11.2 Å². The standard InChI is InChI=1S/C13H20N2OS2/c1-8-4-9(2)7-15(6-8)12(16)5-11-10(3)14-13(17)18-11/h8-9H,4-7H2,1-3H3,(H,14,17). The number of piperidine rings is 1. The third kappa shape index (κ3) is 3.20. The molecule has 2 heterocycles. The molecule has 5 heteroatoms. The highest BCUT2D eigenvalue weighted by molar-refractivity contribution is 7.73. The quantitative estimate of drug-likeness (QED) is 0.847. The van der Waals surface area contributed by atoms with Gasteiger partial charge in [-0.25, -0.2) is 0 Å². The first kappa shape index (κ1) is 13.7. The van der Waals surface area contributed by atoms with Gasteiger partial charge in [0, 0.05) is 23.7 Å². The molecule has 1 aromatic heterocycles. The average molecular weight is 284 g/mol. The first-order valence-corrected chi connectivity index (χ1v) is 7.64. The van der Waals surface area contributed by atoms with Crippen LogP contribution in [0.5, 0.6) is 0 Å². The zero-order chi connectivity index (χ0) is 13.3. The van der Waals surface area contributed by atoms with Gasteiger partial charge in [-0.1, -0.05) is 13.8 Å². The average Bonchev–Trinajstić information content (AvgIpc) is 2.56. The van der Waals surface area contributed by atoms with Crippen molar-refractivity contribution in [2.45, 2.75) is 33.6 Å². The SMILES string of the molecule is Cc1[nH]c(=S)sc1CC(=O)N1CC(C)CC(C)C1. The van der Waals surface area contributed by atoms with Gasteiger partial charge < -0.3 is 9.88 Å². The fraction of sp³-hybridized carbons (Fsp3) is 0.692. The predicted molar refractivity (Wildman–Crippen MR) is 77.5 cm³/mol. The van der Waals surface area contributed by atoms with Gasteiger partial charge in [-0.15, -0.1) is 11.3 Å². The van der Waals surface area contributed by atoms with Crippen molar-refractivity contribution >= 4 is 29.5 Å². The Hall–Kier alpha value is -0.680. The molecule has 0 spiro atoms. The van der Waals surface area contributed by atoms with E-state index in [0.717, 1.165) is 27.6 Å². The van der Waals surface area contributed by atoms with Gasteiger partial charge in [-0.3, -0.25) is 4.79 Å². The van der Waals surface area contributed by atoms with Crippen molar-refractivity contribution in [2.24, 2.45) is 11.8 Å². The molecule has 0 radical (unpaired) electrons. The van der Waals surface area contributed by atoms with Crippen LogP contribution >= 0.6 is 23.6 Å². The van der Waals surface area contributed by atoms with E-state index in [-0.39, 0.29) is 5.91 Å². The number of hydrogen-bond donors (Lipinski definition) is 1. The molecule has 1 N–H and O–H groups in total. The molecule has 1 amide bonds. The topological polar surface area (TPSA) is 36.1 Å². The monoisotopic (exact) mass is 284 g/mol. The summed E-state index contributed by atoms with van der Waals surface area (Å²) in [6.07, 6.45) is 1.72. The maximum Gasteiger partial charge on any atom is 0.227 e. The molecule has 2 rings (SSSR count). The largest absolute Gasteiger partial charge is 0.342 e. The highest BCUT2D eigenvalue weighted by Gasteiger charge is 2.25. The molecule has 1 saturated heterocycles. The summed E-state index contributed by atoms with van der Waals surface area (Å²) in [6, 6.07) is 0. The minimum Gasteiger partial charge on any atom is -0.342 e. The summed E-state index contributed by atoms with van der Waals surface area (Å²) in [5, 5.41) is 0. The van der Waals surface area contributed by atoms with Crippen molar-refractivity contribution in [3.05, 3.63) is 14.5 Å². The number of amides is 1. The number of hydrogen-bond acceptors (Lipinski definition) is 3. The molecule has 100 valence electrons. The molecule has 1 fully saturated rings. The number of nitrogens with zero attached hydrogens (tertiary/aromatic N) is 1. The Kier molecular flexibility index (Phi) is 4.22. The third-order valence-electron chi connectivity index (χ3n) is 3.46. The lowest BCUT2D eigenvalue weighted by atomic mass is 9.92. The van der Waals surface area contributed by atoms with E-state index in [1.807, 2.05) is 11.8 Å². The van der Waals surface area contributed by atoms with Crippen LogP contribution in [0.25, 0.3) is 0 Å². The molecule has 1 aromatic rings. The van der Waals surface area contributed by atoms with E-state index in [4.69, 9.17) is 12.2 Å². The van der Waals surface area contributed by atoms with Crippen LogP contribution in [0.1, 0.15) is 30.8 Å². The van der Waals surface area contributed by atoms with Crippen LogP contribution in [-0.4, -0.2) is 28.9 Å². The van der Waals surface area contributed by atoms with Crippen molar-refractivity contribution in [3.8, 4) is 0 Å². The number of nitrogens with one attached hydrogen (secondary N) is 1. The van der Waals surface area contributed by atoms with Gasteiger partial charge in [-0.2, -0.15) is 0 Å². The van der Waals surface area contributed by atoms with Crippen LogP contribution in [0.2, 0.25) is 0 Å². The fourth-order valence-electron chi connectivity index (χ4n) is 2.72. The molecule has 0 aliphatic carbocycles. The van der Waals surface area contributed by atoms with E-state index >= 15 is 0 Å². The highest BCUT2D eigenvalue weighted by Crippen LogP contribution is 2.23. The van der Waals surface area contributed by atoms with Crippen LogP contribution in [0.15, 0.2) is 0 Å². The Morgan fingerprint density at radius 3 is 2.56 bits per heavy atom. The summed E-state index contributed by atoms with van der Waals surface area (Å²) in [6.45, 7) is 8.23. The molecule has 18 heavy (non-hydrogen) atoms. The third-order valence-corrected chi connectivity index (χ3v) is 4.79.